The molecule has 0 aliphatic carbocycles. The number of ether oxygens (including phenoxy) is 2. The Morgan fingerprint density at radius 3 is 1.91 bits per heavy atom. The molecule has 0 saturated carbocycles. The summed E-state index contributed by atoms with van der Waals surface area (Å²) >= 11 is 0. The predicted molar refractivity (Wildman–Crippen MR) is 93.7 cm³/mol. The third-order valence-corrected chi connectivity index (χ3v) is 8.65. The monoisotopic (exact) mass is 346 g/mol. The molecule has 5 nitrogen and oxygen atoms in total. The lowest BCUT2D eigenvalue weighted by molar-refractivity contribution is -0.150. The summed E-state index contributed by atoms with van der Waals surface area (Å²) < 4.78 is 15.7. The van der Waals surface area contributed by atoms with Gasteiger partial charge in [-0.15, -0.1) is 0 Å². The lowest BCUT2D eigenvalue weighted by Crippen LogP contribution is -2.48. The topological polar surface area (TPSA) is 61.8 Å². The van der Waals surface area contributed by atoms with Crippen LogP contribution in [0.15, 0.2) is 0 Å². The maximum Gasteiger partial charge on any atom is 0.333 e. The molecule has 0 fully saturated rings. The van der Waals surface area contributed by atoms with Gasteiger partial charge in [0.1, 0.15) is 6.10 Å². The first-order valence-electron chi connectivity index (χ1n) is 8.08. The van der Waals surface area contributed by atoms with Crippen molar-refractivity contribution in [2.45, 2.75) is 78.1 Å². The van der Waals surface area contributed by atoms with Gasteiger partial charge in [0.2, 0.25) is 0 Å². The molecule has 0 spiro atoms. The fraction of sp³-hybridized carbons (Fsp3) is 0.882. The summed E-state index contributed by atoms with van der Waals surface area (Å²) in [6.07, 6.45) is 0.686. The highest BCUT2D eigenvalue weighted by molar-refractivity contribution is 6.74. The zero-order valence-electron chi connectivity index (χ0n) is 16.2. The van der Waals surface area contributed by atoms with Crippen molar-refractivity contribution < 1.29 is 23.5 Å². The van der Waals surface area contributed by atoms with E-state index in [2.05, 4.69) is 52.4 Å². The Morgan fingerprint density at radius 2 is 1.52 bits per heavy atom. The molecule has 1 unspecified atom stereocenters. The molecule has 0 amide bonds. The zero-order chi connectivity index (χ0) is 18.5. The van der Waals surface area contributed by atoms with Gasteiger partial charge in [-0.1, -0.05) is 34.6 Å². The van der Waals surface area contributed by atoms with E-state index < -0.39 is 20.4 Å². The Labute approximate surface area is 142 Å². The molecule has 0 N–H and O–H groups in total. The predicted octanol–water partition coefficient (Wildman–Crippen LogP) is 3.92. The van der Waals surface area contributed by atoms with E-state index in [9.17, 15) is 9.59 Å². The van der Waals surface area contributed by atoms with Crippen LogP contribution in [0.5, 0.6) is 0 Å². The Hall–Kier alpha value is -0.883. The maximum atomic E-state index is 12.0. The van der Waals surface area contributed by atoms with Crippen molar-refractivity contribution in [2.75, 3.05) is 14.2 Å². The van der Waals surface area contributed by atoms with Gasteiger partial charge in [0.05, 0.1) is 14.2 Å². The van der Waals surface area contributed by atoms with Gasteiger partial charge >= 0.3 is 11.9 Å². The highest BCUT2D eigenvalue weighted by atomic mass is 28.4. The number of methoxy groups -OCH3 is 2. The summed E-state index contributed by atoms with van der Waals surface area (Å²) in [5.41, 5.74) is 0.171. The molecule has 0 aromatic rings. The van der Waals surface area contributed by atoms with E-state index in [-0.39, 0.29) is 29.3 Å². The number of carbonyl (C=O) groups is 2. The average molecular weight is 347 g/mol. The number of hydrogen-bond donors (Lipinski definition) is 0. The van der Waals surface area contributed by atoms with Gasteiger partial charge in [0.25, 0.3) is 0 Å². The van der Waals surface area contributed by atoms with Crippen LogP contribution in [-0.2, 0) is 23.5 Å². The van der Waals surface area contributed by atoms with Crippen LogP contribution >= 0.6 is 0 Å². The van der Waals surface area contributed by atoms with Gasteiger partial charge < -0.3 is 13.9 Å². The lowest BCUT2D eigenvalue weighted by atomic mass is 9.86. The minimum Gasteiger partial charge on any atom is -0.469 e. The van der Waals surface area contributed by atoms with E-state index in [0.717, 1.165) is 6.42 Å². The van der Waals surface area contributed by atoms with Crippen molar-refractivity contribution >= 4 is 20.3 Å². The minimum atomic E-state index is -2.22. The largest absolute Gasteiger partial charge is 0.469 e. The van der Waals surface area contributed by atoms with Crippen LogP contribution in [0.4, 0.5) is 0 Å². The summed E-state index contributed by atoms with van der Waals surface area (Å²) in [6, 6.07) is 0. The molecule has 0 bridgehead atoms. The molecule has 23 heavy (non-hydrogen) atoms. The van der Waals surface area contributed by atoms with Gasteiger partial charge in [-0.05, 0) is 36.4 Å². The van der Waals surface area contributed by atoms with Crippen molar-refractivity contribution in [1.82, 2.24) is 0 Å². The summed E-state index contributed by atoms with van der Waals surface area (Å²) in [5.74, 6) is -0.781. The van der Waals surface area contributed by atoms with E-state index in [1.54, 1.807) is 0 Å². The number of carbonyl (C=O) groups excluding carboxylic acids is 2. The van der Waals surface area contributed by atoms with E-state index in [4.69, 9.17) is 9.16 Å². The van der Waals surface area contributed by atoms with Gasteiger partial charge in [0, 0.05) is 6.42 Å². The van der Waals surface area contributed by atoms with Crippen molar-refractivity contribution in [1.29, 1.82) is 0 Å². The highest BCUT2D eigenvalue weighted by Gasteiger charge is 2.45. The third kappa shape index (κ3) is 7.48. The van der Waals surface area contributed by atoms with Gasteiger partial charge in [-0.3, -0.25) is 4.79 Å². The molecular weight excluding hydrogens is 312 g/mol. The van der Waals surface area contributed by atoms with Gasteiger partial charge in [-0.25, -0.2) is 4.79 Å². The molecule has 0 aliphatic heterocycles. The number of esters is 2. The van der Waals surface area contributed by atoms with Crippen LogP contribution < -0.4 is 0 Å². The smallest absolute Gasteiger partial charge is 0.333 e. The van der Waals surface area contributed by atoms with Crippen molar-refractivity contribution in [3.8, 4) is 0 Å². The molecule has 0 aromatic carbocycles. The summed E-state index contributed by atoms with van der Waals surface area (Å²) in [4.78, 5) is 23.4. The maximum absolute atomic E-state index is 12.0. The molecule has 0 rings (SSSR count). The Morgan fingerprint density at radius 1 is 1.00 bits per heavy atom. The molecular formula is C17H34O5Si. The number of hydrogen-bond acceptors (Lipinski definition) is 5. The molecule has 0 heterocycles. The van der Waals surface area contributed by atoms with Crippen LogP contribution in [0.2, 0.25) is 18.1 Å². The van der Waals surface area contributed by atoms with E-state index in [0.29, 0.717) is 0 Å². The molecule has 0 saturated heterocycles. The first-order chi connectivity index (χ1) is 10.3. The fourth-order valence-corrected chi connectivity index (χ4v) is 4.96. The van der Waals surface area contributed by atoms with Crippen LogP contribution in [0, 0.1) is 5.41 Å². The highest BCUT2D eigenvalue weighted by Crippen LogP contribution is 2.47. The summed E-state index contributed by atoms with van der Waals surface area (Å²) in [7, 11) is 0.456. The van der Waals surface area contributed by atoms with Crippen molar-refractivity contribution in [2.24, 2.45) is 5.41 Å². The fourth-order valence-electron chi connectivity index (χ4n) is 2.76. The van der Waals surface area contributed by atoms with Crippen molar-refractivity contribution in [3.05, 3.63) is 0 Å². The second-order valence-electron chi connectivity index (χ2n) is 8.38. The third-order valence-electron chi connectivity index (χ3n) is 4.34. The van der Waals surface area contributed by atoms with Crippen molar-refractivity contribution in [3.63, 3.8) is 0 Å². The minimum absolute atomic E-state index is 0.0250. The van der Waals surface area contributed by atoms with E-state index >= 15 is 0 Å². The first kappa shape index (κ1) is 22.1. The molecule has 1 atom stereocenters. The normalized spacial score (nSPS) is 14.3. The summed E-state index contributed by atoms with van der Waals surface area (Å²) in [5, 5.41) is -0.0250. The van der Waals surface area contributed by atoms with Gasteiger partial charge in [0.15, 0.2) is 8.32 Å². The Kier molecular flexibility index (Phi) is 7.97. The van der Waals surface area contributed by atoms with Crippen LogP contribution in [0.1, 0.15) is 53.9 Å². The van der Waals surface area contributed by atoms with E-state index in [1.807, 2.05) is 0 Å². The molecule has 0 aromatic heterocycles. The quantitative estimate of drug-likeness (QED) is 0.492. The Bertz CT molecular complexity index is 410. The molecule has 0 radical (unpaired) electrons. The standard InChI is InChI=1S/C17H34O5Si/c1-16(2,3)12-17(4,5)23(8,9)22-13(15(19)21-7)10-11-14(18)20-6/h13H,10-12H2,1-9H3. The second-order valence-corrected chi connectivity index (χ2v) is 13.0. The summed E-state index contributed by atoms with van der Waals surface area (Å²) in [6.45, 7) is 15.2. The van der Waals surface area contributed by atoms with Crippen LogP contribution in [-0.4, -0.2) is 40.6 Å². The molecule has 6 heteroatoms. The SMILES string of the molecule is COC(=O)CCC(O[Si](C)(C)C(C)(C)CC(C)(C)C)C(=O)OC. The molecule has 0 aliphatic rings. The number of rotatable bonds is 8. The van der Waals surface area contributed by atoms with Crippen LogP contribution in [0.3, 0.4) is 0 Å². The zero-order valence-corrected chi connectivity index (χ0v) is 17.2. The second kappa shape index (κ2) is 8.28. The van der Waals surface area contributed by atoms with E-state index in [1.165, 1.54) is 14.2 Å². The molecule has 136 valence electrons. The first-order valence-corrected chi connectivity index (χ1v) is 11.0. The Balaban J connectivity index is 5.14. The lowest BCUT2D eigenvalue weighted by Gasteiger charge is -2.44. The van der Waals surface area contributed by atoms with Gasteiger partial charge in [-0.2, -0.15) is 0 Å². The van der Waals surface area contributed by atoms with Crippen LogP contribution in [0.25, 0.3) is 0 Å². The average Bonchev–Trinajstić information content (AvgIpc) is 2.39.